The number of nitrogens with zero attached hydrogens (tertiary/aromatic N) is 2. The fourth-order valence-corrected chi connectivity index (χ4v) is 2.01. The first kappa shape index (κ1) is 12.0. The van der Waals surface area contributed by atoms with Gasteiger partial charge in [-0.15, -0.1) is 0 Å². The predicted molar refractivity (Wildman–Crippen MR) is 70.6 cm³/mol. The highest BCUT2D eigenvalue weighted by Gasteiger charge is 2.06. The van der Waals surface area contributed by atoms with Gasteiger partial charge < -0.3 is 4.74 Å². The van der Waals surface area contributed by atoms with Crippen LogP contribution in [0.25, 0.3) is 0 Å². The van der Waals surface area contributed by atoms with Crippen LogP contribution in [0.3, 0.4) is 0 Å². The van der Waals surface area contributed by atoms with E-state index in [1.54, 1.807) is 0 Å². The van der Waals surface area contributed by atoms with E-state index in [1.807, 2.05) is 37.4 Å². The Morgan fingerprint density at radius 3 is 2.76 bits per heavy atom. The van der Waals surface area contributed by atoms with E-state index in [4.69, 9.17) is 4.74 Å². The lowest BCUT2D eigenvalue weighted by Crippen LogP contribution is -2.24. The fourth-order valence-electron chi connectivity index (χ4n) is 2.01. The van der Waals surface area contributed by atoms with Crippen molar-refractivity contribution < 1.29 is 4.74 Å². The summed E-state index contributed by atoms with van der Waals surface area (Å²) in [5.41, 5.74) is 1.06. The van der Waals surface area contributed by atoms with Gasteiger partial charge in [0.1, 0.15) is 5.75 Å². The molecule has 0 aromatic heterocycles. The number of piperidine rings is 1. The molecular weight excluding hydrogens is 212 g/mol. The first-order valence-corrected chi connectivity index (χ1v) is 6.41. The minimum atomic E-state index is 0.689. The minimum Gasteiger partial charge on any atom is -0.493 e. The van der Waals surface area contributed by atoms with E-state index in [9.17, 15) is 0 Å². The summed E-state index contributed by atoms with van der Waals surface area (Å²) in [4.78, 5) is 0. The molecule has 0 aliphatic carbocycles. The molecule has 3 nitrogen and oxygen atoms in total. The van der Waals surface area contributed by atoms with Crippen LogP contribution in [0.4, 0.5) is 0 Å². The Labute approximate surface area is 103 Å². The first-order chi connectivity index (χ1) is 8.40. The van der Waals surface area contributed by atoms with Gasteiger partial charge in [0.25, 0.3) is 0 Å². The summed E-state index contributed by atoms with van der Waals surface area (Å²) in [5.74, 6) is 0.913. The van der Waals surface area contributed by atoms with E-state index in [1.165, 1.54) is 19.3 Å². The Balaban J connectivity index is 2.03. The van der Waals surface area contributed by atoms with Crippen molar-refractivity contribution in [2.45, 2.75) is 26.2 Å². The van der Waals surface area contributed by atoms with Crippen molar-refractivity contribution in [2.75, 3.05) is 19.7 Å². The summed E-state index contributed by atoms with van der Waals surface area (Å²) in [6, 6.07) is 8.03. The normalized spacial score (nSPS) is 16.4. The lowest BCUT2D eigenvalue weighted by atomic mass is 10.2. The second-order valence-corrected chi connectivity index (χ2v) is 4.23. The third-order valence-electron chi connectivity index (χ3n) is 2.91. The fraction of sp³-hybridized carbons (Fsp3) is 0.500. The maximum atomic E-state index is 5.57. The first-order valence-electron chi connectivity index (χ1n) is 6.41. The van der Waals surface area contributed by atoms with Crippen LogP contribution >= 0.6 is 0 Å². The Morgan fingerprint density at radius 2 is 2.00 bits per heavy atom. The highest BCUT2D eigenvalue weighted by atomic mass is 16.5. The van der Waals surface area contributed by atoms with E-state index >= 15 is 0 Å². The van der Waals surface area contributed by atoms with Crippen LogP contribution < -0.4 is 4.74 Å². The van der Waals surface area contributed by atoms with Crippen LogP contribution in [0.5, 0.6) is 5.75 Å². The number of hydrogen-bond acceptors (Lipinski definition) is 3. The molecule has 17 heavy (non-hydrogen) atoms. The second kappa shape index (κ2) is 6.28. The van der Waals surface area contributed by atoms with Gasteiger partial charge in [-0.3, -0.25) is 5.01 Å². The van der Waals surface area contributed by atoms with Gasteiger partial charge in [0.05, 0.1) is 12.8 Å². The lowest BCUT2D eigenvalue weighted by molar-refractivity contribution is 0.240. The Bertz CT molecular complexity index is 370. The monoisotopic (exact) mass is 232 g/mol. The molecule has 0 bridgehead atoms. The van der Waals surface area contributed by atoms with Crippen LogP contribution in [0.15, 0.2) is 29.4 Å². The highest BCUT2D eigenvalue weighted by molar-refractivity contribution is 5.83. The number of rotatable bonds is 4. The van der Waals surface area contributed by atoms with Crippen LogP contribution in [-0.4, -0.2) is 30.9 Å². The number of benzene rings is 1. The molecule has 0 atom stereocenters. The van der Waals surface area contributed by atoms with Gasteiger partial charge in [0.15, 0.2) is 0 Å². The van der Waals surface area contributed by atoms with E-state index in [2.05, 4.69) is 10.1 Å². The summed E-state index contributed by atoms with van der Waals surface area (Å²) >= 11 is 0. The number of hydrogen-bond donors (Lipinski definition) is 0. The van der Waals surface area contributed by atoms with Gasteiger partial charge in [-0.25, -0.2) is 0 Å². The molecule has 2 rings (SSSR count). The molecule has 1 aliphatic rings. The molecule has 1 saturated heterocycles. The van der Waals surface area contributed by atoms with Crippen LogP contribution in [0, 0.1) is 0 Å². The summed E-state index contributed by atoms with van der Waals surface area (Å²) < 4.78 is 5.57. The minimum absolute atomic E-state index is 0.689. The number of para-hydroxylation sites is 1. The smallest absolute Gasteiger partial charge is 0.128 e. The quantitative estimate of drug-likeness (QED) is 0.746. The van der Waals surface area contributed by atoms with Crippen molar-refractivity contribution in [1.29, 1.82) is 0 Å². The van der Waals surface area contributed by atoms with Crippen molar-refractivity contribution in [1.82, 2.24) is 5.01 Å². The van der Waals surface area contributed by atoms with Crippen molar-refractivity contribution in [3.8, 4) is 5.75 Å². The molecular formula is C14H20N2O. The zero-order valence-electron chi connectivity index (χ0n) is 10.4. The molecule has 0 spiro atoms. The lowest BCUT2D eigenvalue weighted by Gasteiger charge is -2.23. The Hall–Kier alpha value is -1.51. The third-order valence-corrected chi connectivity index (χ3v) is 2.91. The third kappa shape index (κ3) is 3.48. The summed E-state index contributed by atoms with van der Waals surface area (Å²) in [5, 5.41) is 6.67. The molecule has 1 aromatic rings. The molecule has 1 aliphatic heterocycles. The highest BCUT2D eigenvalue weighted by Crippen LogP contribution is 2.16. The van der Waals surface area contributed by atoms with Crippen molar-refractivity contribution in [2.24, 2.45) is 5.10 Å². The summed E-state index contributed by atoms with van der Waals surface area (Å²) in [6.45, 7) is 4.84. The van der Waals surface area contributed by atoms with Crippen LogP contribution in [0.2, 0.25) is 0 Å². The number of hydrazone groups is 1. The van der Waals surface area contributed by atoms with Crippen LogP contribution in [0.1, 0.15) is 31.7 Å². The van der Waals surface area contributed by atoms with Gasteiger partial charge in [-0.1, -0.05) is 12.1 Å². The topological polar surface area (TPSA) is 24.8 Å². The maximum Gasteiger partial charge on any atom is 0.128 e. The van der Waals surface area contributed by atoms with E-state index < -0.39 is 0 Å². The average molecular weight is 232 g/mol. The Morgan fingerprint density at radius 1 is 1.24 bits per heavy atom. The van der Waals surface area contributed by atoms with Crippen molar-refractivity contribution in [3.05, 3.63) is 29.8 Å². The maximum absolute atomic E-state index is 5.57. The van der Waals surface area contributed by atoms with E-state index in [0.29, 0.717) is 6.61 Å². The molecule has 3 heteroatoms. The van der Waals surface area contributed by atoms with Crippen LogP contribution in [-0.2, 0) is 0 Å². The van der Waals surface area contributed by atoms with Gasteiger partial charge in [-0.05, 0) is 38.3 Å². The van der Waals surface area contributed by atoms with Gasteiger partial charge in [-0.2, -0.15) is 5.10 Å². The van der Waals surface area contributed by atoms with Crippen molar-refractivity contribution in [3.63, 3.8) is 0 Å². The van der Waals surface area contributed by atoms with Crippen molar-refractivity contribution >= 4 is 6.21 Å². The molecule has 0 amide bonds. The Kier molecular flexibility index (Phi) is 4.42. The molecule has 0 unspecified atom stereocenters. The molecule has 0 N–H and O–H groups in total. The molecule has 0 saturated carbocycles. The molecule has 1 fully saturated rings. The standard InChI is InChI=1S/C14H20N2O/c1-2-17-14-9-5-4-8-13(14)12-15-16-10-6-3-7-11-16/h4-5,8-9,12H,2-3,6-7,10-11H2,1H3. The SMILES string of the molecule is CCOc1ccccc1C=NN1CCCCC1. The van der Waals surface area contributed by atoms with Gasteiger partial charge >= 0.3 is 0 Å². The zero-order chi connectivity index (χ0) is 11.9. The van der Waals surface area contributed by atoms with Gasteiger partial charge in [0.2, 0.25) is 0 Å². The number of ether oxygens (including phenoxy) is 1. The zero-order valence-corrected chi connectivity index (χ0v) is 10.4. The molecule has 1 aromatic carbocycles. The average Bonchev–Trinajstić information content (AvgIpc) is 2.39. The molecule has 1 heterocycles. The van der Waals surface area contributed by atoms with Gasteiger partial charge in [0, 0.05) is 18.7 Å². The molecule has 92 valence electrons. The predicted octanol–water partition coefficient (Wildman–Crippen LogP) is 2.91. The van der Waals surface area contributed by atoms with E-state index in [0.717, 1.165) is 24.4 Å². The molecule has 0 radical (unpaired) electrons. The van der Waals surface area contributed by atoms with E-state index in [-0.39, 0.29) is 0 Å². The second-order valence-electron chi connectivity index (χ2n) is 4.23. The largest absolute Gasteiger partial charge is 0.493 e. The summed E-state index contributed by atoms with van der Waals surface area (Å²) in [7, 11) is 0. The summed E-state index contributed by atoms with van der Waals surface area (Å²) in [6.07, 6.45) is 5.76.